The van der Waals surface area contributed by atoms with Gasteiger partial charge in [-0.25, -0.2) is 4.79 Å². The second-order valence-corrected chi connectivity index (χ2v) is 5.06. The number of ether oxygens (including phenoxy) is 1. The average molecular weight is 269 g/mol. The lowest BCUT2D eigenvalue weighted by molar-refractivity contribution is -0.163. The molecule has 5 heteroatoms. The Bertz CT molecular complexity index is 524. The van der Waals surface area contributed by atoms with Gasteiger partial charge in [0.05, 0.1) is 6.10 Å². The van der Waals surface area contributed by atoms with Gasteiger partial charge < -0.3 is 9.84 Å². The molecule has 1 atom stereocenters. The van der Waals surface area contributed by atoms with E-state index in [4.69, 9.17) is 16.3 Å². The smallest absolute Gasteiger partial charge is 0.347 e. The first-order valence-corrected chi connectivity index (χ1v) is 5.99. The summed E-state index contributed by atoms with van der Waals surface area (Å²) < 4.78 is 4.93. The number of carbonyl (C=O) groups is 2. The largest absolute Gasteiger partial charge is 0.460 e. The molecular formula is C13H13ClO4. The standard InChI is InChI=1S/C13H13ClO4/c1-7(2)18-12(16)13(17)6-8-5-9(14)3-4-10(8)11(13)15/h3-5,7,17H,6H2,1-2H3/t13-/m0/s1. The molecule has 0 bridgehead atoms. The van der Waals surface area contributed by atoms with E-state index in [9.17, 15) is 14.7 Å². The van der Waals surface area contributed by atoms with Crippen molar-refractivity contribution in [1.82, 2.24) is 0 Å². The van der Waals surface area contributed by atoms with Crippen molar-refractivity contribution in [3.05, 3.63) is 34.3 Å². The van der Waals surface area contributed by atoms with Crippen molar-refractivity contribution in [1.29, 1.82) is 0 Å². The minimum Gasteiger partial charge on any atom is -0.460 e. The van der Waals surface area contributed by atoms with E-state index in [0.29, 0.717) is 16.1 Å². The fourth-order valence-corrected chi connectivity index (χ4v) is 2.18. The van der Waals surface area contributed by atoms with Crippen LogP contribution in [0.3, 0.4) is 0 Å². The first kappa shape index (κ1) is 13.1. The Balaban J connectivity index is 2.35. The van der Waals surface area contributed by atoms with Gasteiger partial charge in [0.25, 0.3) is 0 Å². The van der Waals surface area contributed by atoms with E-state index in [1.54, 1.807) is 26.0 Å². The molecule has 18 heavy (non-hydrogen) atoms. The normalized spacial score (nSPS) is 22.2. The Kier molecular flexibility index (Phi) is 3.17. The summed E-state index contributed by atoms with van der Waals surface area (Å²) in [7, 11) is 0. The van der Waals surface area contributed by atoms with E-state index in [1.165, 1.54) is 6.07 Å². The Labute approximate surface area is 110 Å². The van der Waals surface area contributed by atoms with E-state index in [-0.39, 0.29) is 12.5 Å². The van der Waals surface area contributed by atoms with E-state index in [2.05, 4.69) is 0 Å². The van der Waals surface area contributed by atoms with Gasteiger partial charge in [-0.1, -0.05) is 11.6 Å². The molecule has 0 fully saturated rings. The molecule has 0 saturated carbocycles. The fourth-order valence-electron chi connectivity index (χ4n) is 1.99. The minimum atomic E-state index is -2.11. The van der Waals surface area contributed by atoms with Crippen LogP contribution in [0.15, 0.2) is 18.2 Å². The van der Waals surface area contributed by atoms with Crippen LogP contribution in [0.4, 0.5) is 0 Å². The van der Waals surface area contributed by atoms with Gasteiger partial charge in [-0.2, -0.15) is 0 Å². The van der Waals surface area contributed by atoms with Gasteiger partial charge in [0.15, 0.2) is 0 Å². The first-order valence-electron chi connectivity index (χ1n) is 5.61. The number of Topliss-reactive ketones (excluding diaryl/α,β-unsaturated/α-hetero) is 1. The molecule has 0 aliphatic heterocycles. The molecule has 4 nitrogen and oxygen atoms in total. The number of aliphatic hydroxyl groups is 1. The zero-order valence-electron chi connectivity index (χ0n) is 10.1. The molecule has 0 spiro atoms. The van der Waals surface area contributed by atoms with Crippen molar-refractivity contribution in [2.45, 2.75) is 32.0 Å². The monoisotopic (exact) mass is 268 g/mol. The topological polar surface area (TPSA) is 63.6 Å². The summed E-state index contributed by atoms with van der Waals surface area (Å²) in [5.74, 6) is -1.53. The van der Waals surface area contributed by atoms with E-state index < -0.39 is 17.4 Å². The summed E-state index contributed by atoms with van der Waals surface area (Å²) >= 11 is 5.82. The maximum absolute atomic E-state index is 12.1. The summed E-state index contributed by atoms with van der Waals surface area (Å²) in [6.45, 7) is 3.31. The Morgan fingerprint density at radius 2 is 2.17 bits per heavy atom. The van der Waals surface area contributed by atoms with Gasteiger partial charge >= 0.3 is 5.97 Å². The van der Waals surface area contributed by atoms with Crippen LogP contribution in [0.2, 0.25) is 5.02 Å². The summed E-state index contributed by atoms with van der Waals surface area (Å²) in [6.07, 6.45) is -0.477. The molecule has 1 N–H and O–H groups in total. The number of ketones is 1. The van der Waals surface area contributed by atoms with Gasteiger partial charge in [-0.05, 0) is 37.6 Å². The van der Waals surface area contributed by atoms with Crippen molar-refractivity contribution < 1.29 is 19.4 Å². The second kappa shape index (κ2) is 4.37. The van der Waals surface area contributed by atoms with Crippen LogP contribution in [-0.4, -0.2) is 28.6 Å². The number of benzene rings is 1. The van der Waals surface area contributed by atoms with Gasteiger partial charge in [0.1, 0.15) is 0 Å². The maximum Gasteiger partial charge on any atom is 0.347 e. The Hall–Kier alpha value is -1.39. The van der Waals surface area contributed by atoms with Crippen LogP contribution < -0.4 is 0 Å². The number of carbonyl (C=O) groups excluding carboxylic acids is 2. The van der Waals surface area contributed by atoms with Crippen LogP contribution in [0.25, 0.3) is 0 Å². The lowest BCUT2D eigenvalue weighted by atomic mass is 9.99. The Morgan fingerprint density at radius 3 is 2.78 bits per heavy atom. The molecule has 0 saturated heterocycles. The zero-order valence-corrected chi connectivity index (χ0v) is 10.8. The summed E-state index contributed by atoms with van der Waals surface area (Å²) in [4.78, 5) is 23.9. The molecule has 0 unspecified atom stereocenters. The molecule has 96 valence electrons. The number of rotatable bonds is 2. The van der Waals surface area contributed by atoms with Crippen LogP contribution >= 0.6 is 11.6 Å². The lowest BCUT2D eigenvalue weighted by Crippen LogP contribution is -2.46. The lowest BCUT2D eigenvalue weighted by Gasteiger charge is -2.20. The van der Waals surface area contributed by atoms with Crippen LogP contribution in [0, 0.1) is 0 Å². The SMILES string of the molecule is CC(C)OC(=O)[C@]1(O)Cc2cc(Cl)ccc2C1=O. The summed E-state index contributed by atoms with van der Waals surface area (Å²) in [5.41, 5.74) is -1.23. The fraction of sp³-hybridized carbons (Fsp3) is 0.385. The van der Waals surface area contributed by atoms with Crippen LogP contribution in [0.5, 0.6) is 0 Å². The highest BCUT2D eigenvalue weighted by Gasteiger charge is 2.51. The molecular weight excluding hydrogens is 256 g/mol. The second-order valence-electron chi connectivity index (χ2n) is 4.62. The van der Waals surface area contributed by atoms with Gasteiger partial charge in [-0.15, -0.1) is 0 Å². The quantitative estimate of drug-likeness (QED) is 0.656. The number of esters is 1. The summed E-state index contributed by atoms with van der Waals surface area (Å²) in [6, 6.07) is 4.65. The number of fused-ring (bicyclic) bond motifs is 1. The molecule has 1 aromatic rings. The third-order valence-electron chi connectivity index (χ3n) is 2.81. The third-order valence-corrected chi connectivity index (χ3v) is 3.05. The highest BCUT2D eigenvalue weighted by molar-refractivity contribution is 6.31. The van der Waals surface area contributed by atoms with Gasteiger partial charge in [0, 0.05) is 17.0 Å². The van der Waals surface area contributed by atoms with Gasteiger partial charge in [0.2, 0.25) is 11.4 Å². The number of hydrogen-bond acceptors (Lipinski definition) is 4. The molecule has 1 aliphatic carbocycles. The first-order chi connectivity index (χ1) is 8.34. The predicted octanol–water partition coefficient (Wildman–Crippen LogP) is 1.76. The highest BCUT2D eigenvalue weighted by Crippen LogP contribution is 2.33. The van der Waals surface area contributed by atoms with E-state index in [0.717, 1.165) is 0 Å². The molecule has 0 radical (unpaired) electrons. The van der Waals surface area contributed by atoms with Gasteiger partial charge in [-0.3, -0.25) is 4.79 Å². The molecule has 0 amide bonds. The molecule has 0 heterocycles. The van der Waals surface area contributed by atoms with E-state index >= 15 is 0 Å². The van der Waals surface area contributed by atoms with Crippen molar-refractivity contribution in [3.8, 4) is 0 Å². The van der Waals surface area contributed by atoms with Crippen molar-refractivity contribution in [2.75, 3.05) is 0 Å². The van der Waals surface area contributed by atoms with Crippen molar-refractivity contribution in [2.24, 2.45) is 0 Å². The van der Waals surface area contributed by atoms with Crippen LogP contribution in [-0.2, 0) is 16.0 Å². The summed E-state index contributed by atoms with van der Waals surface area (Å²) in [5, 5.41) is 10.7. The Morgan fingerprint density at radius 1 is 1.50 bits per heavy atom. The van der Waals surface area contributed by atoms with Crippen molar-refractivity contribution >= 4 is 23.4 Å². The zero-order chi connectivity index (χ0) is 13.5. The van der Waals surface area contributed by atoms with E-state index in [1.807, 2.05) is 0 Å². The molecule has 2 rings (SSSR count). The minimum absolute atomic E-state index is 0.0900. The number of hydrogen-bond donors (Lipinski definition) is 1. The average Bonchev–Trinajstić information content (AvgIpc) is 2.51. The predicted molar refractivity (Wildman–Crippen MR) is 65.7 cm³/mol. The third kappa shape index (κ3) is 2.02. The molecule has 0 aromatic heterocycles. The number of halogens is 1. The molecule has 1 aromatic carbocycles. The maximum atomic E-state index is 12.1. The highest BCUT2D eigenvalue weighted by atomic mass is 35.5. The molecule has 1 aliphatic rings. The van der Waals surface area contributed by atoms with Crippen molar-refractivity contribution in [3.63, 3.8) is 0 Å². The van der Waals surface area contributed by atoms with Crippen LogP contribution in [0.1, 0.15) is 29.8 Å².